The molecule has 1 amide bonds. The fraction of sp³-hybridized carbons (Fsp3) is 0.238. The second-order valence-corrected chi connectivity index (χ2v) is 6.65. The molecule has 4 atom stereocenters. The van der Waals surface area contributed by atoms with Crippen molar-refractivity contribution in [3.63, 3.8) is 0 Å². The highest BCUT2D eigenvalue weighted by atomic mass is 16.5. The molecule has 0 spiro atoms. The first-order valence-corrected chi connectivity index (χ1v) is 8.63. The highest BCUT2D eigenvalue weighted by Gasteiger charge is 2.53. The minimum absolute atomic E-state index is 0.310. The zero-order chi connectivity index (χ0) is 18.1. The van der Waals surface area contributed by atoms with Gasteiger partial charge in [-0.1, -0.05) is 60.7 Å². The summed E-state index contributed by atoms with van der Waals surface area (Å²) in [6, 6.07) is 17.6. The zero-order valence-corrected chi connectivity index (χ0v) is 14.0. The van der Waals surface area contributed by atoms with E-state index in [9.17, 15) is 14.7 Å². The Balaban J connectivity index is 1.55. The average Bonchev–Trinajstić information content (AvgIpc) is 3.25. The van der Waals surface area contributed by atoms with Crippen LogP contribution in [0.2, 0.25) is 0 Å². The van der Waals surface area contributed by atoms with E-state index in [0.29, 0.717) is 12.1 Å². The van der Waals surface area contributed by atoms with E-state index in [1.807, 2.05) is 54.6 Å². The molecule has 1 fully saturated rings. The second kappa shape index (κ2) is 6.77. The summed E-state index contributed by atoms with van der Waals surface area (Å²) in [5.41, 5.74) is 2.83. The minimum atomic E-state index is -1.00. The first kappa shape index (κ1) is 16.5. The quantitative estimate of drug-likeness (QED) is 0.814. The number of ether oxygens (including phenoxy) is 1. The van der Waals surface area contributed by atoms with E-state index >= 15 is 0 Å². The molecule has 0 aromatic heterocycles. The van der Waals surface area contributed by atoms with Gasteiger partial charge in [0.15, 0.2) is 0 Å². The monoisotopic (exact) mass is 349 g/mol. The topological polar surface area (TPSA) is 75.6 Å². The number of carbonyl (C=O) groups excluding carboxylic acids is 1. The lowest BCUT2D eigenvalue weighted by Gasteiger charge is -2.21. The summed E-state index contributed by atoms with van der Waals surface area (Å²) in [5.74, 6) is -2.87. The number of nitrogens with one attached hydrogen (secondary N) is 1. The van der Waals surface area contributed by atoms with Crippen LogP contribution >= 0.6 is 0 Å². The van der Waals surface area contributed by atoms with Crippen LogP contribution in [0, 0.1) is 11.8 Å². The minimum Gasteiger partial charge on any atom is -0.481 e. The van der Waals surface area contributed by atoms with Gasteiger partial charge in [0.2, 0.25) is 5.91 Å². The highest BCUT2D eigenvalue weighted by Crippen LogP contribution is 2.40. The number of fused-ring (bicyclic) bond motifs is 2. The summed E-state index contributed by atoms with van der Waals surface area (Å²) in [6.45, 7) is 0. The van der Waals surface area contributed by atoms with E-state index < -0.39 is 30.0 Å². The molecule has 2 heterocycles. The van der Waals surface area contributed by atoms with E-state index in [2.05, 4.69) is 5.32 Å². The number of benzene rings is 2. The number of rotatable bonds is 5. The van der Waals surface area contributed by atoms with Crippen molar-refractivity contribution in [2.45, 2.75) is 18.6 Å². The second-order valence-electron chi connectivity index (χ2n) is 6.65. The Morgan fingerprint density at radius 3 is 2.31 bits per heavy atom. The Kier molecular flexibility index (Phi) is 4.31. The standard InChI is InChI=1S/C21H19NO4/c23-20(18-16-10-11-17(26-16)19(18)21(24)25)22-15-9-5-4-8-14(15)12-13-6-2-1-3-7-13/h1-11,16-19H,12H2,(H,22,23)(H,24,25)/t16-,17+,18-,19+/m1/s1. The lowest BCUT2D eigenvalue weighted by Crippen LogP contribution is -2.39. The maximum atomic E-state index is 12.8. The Labute approximate surface area is 151 Å². The van der Waals surface area contributed by atoms with Gasteiger partial charge in [0, 0.05) is 5.69 Å². The number of hydrogen-bond acceptors (Lipinski definition) is 3. The number of carbonyl (C=O) groups is 2. The molecule has 4 rings (SSSR count). The number of para-hydroxylation sites is 1. The van der Waals surface area contributed by atoms with Crippen LogP contribution in [0.15, 0.2) is 66.7 Å². The number of hydrogen-bond donors (Lipinski definition) is 2. The van der Waals surface area contributed by atoms with Crippen molar-refractivity contribution in [1.29, 1.82) is 0 Å². The Hall–Kier alpha value is -2.92. The third-order valence-electron chi connectivity index (χ3n) is 5.00. The van der Waals surface area contributed by atoms with Crippen molar-refractivity contribution < 1.29 is 19.4 Å². The van der Waals surface area contributed by atoms with Crippen LogP contribution in [-0.2, 0) is 20.7 Å². The number of anilines is 1. The van der Waals surface area contributed by atoms with Crippen LogP contribution in [-0.4, -0.2) is 29.2 Å². The van der Waals surface area contributed by atoms with Crippen LogP contribution in [0.4, 0.5) is 5.69 Å². The van der Waals surface area contributed by atoms with Crippen LogP contribution in [0.25, 0.3) is 0 Å². The van der Waals surface area contributed by atoms with Gasteiger partial charge >= 0.3 is 5.97 Å². The zero-order valence-electron chi connectivity index (χ0n) is 14.0. The van der Waals surface area contributed by atoms with E-state index in [1.165, 1.54) is 0 Å². The fourth-order valence-electron chi connectivity index (χ4n) is 3.74. The van der Waals surface area contributed by atoms with E-state index in [1.54, 1.807) is 12.2 Å². The molecule has 132 valence electrons. The van der Waals surface area contributed by atoms with Gasteiger partial charge in [0.1, 0.15) is 5.92 Å². The van der Waals surface area contributed by atoms with Crippen molar-refractivity contribution >= 4 is 17.6 Å². The lowest BCUT2D eigenvalue weighted by atomic mass is 9.82. The van der Waals surface area contributed by atoms with Crippen LogP contribution in [0.5, 0.6) is 0 Å². The molecule has 0 radical (unpaired) electrons. The van der Waals surface area contributed by atoms with E-state index in [4.69, 9.17) is 4.74 Å². The summed E-state index contributed by atoms with van der Waals surface area (Å²) >= 11 is 0. The summed E-state index contributed by atoms with van der Waals surface area (Å²) in [6.07, 6.45) is 3.21. The van der Waals surface area contributed by atoms with Crippen LogP contribution in [0.3, 0.4) is 0 Å². The van der Waals surface area contributed by atoms with Gasteiger partial charge in [-0.05, 0) is 23.6 Å². The lowest BCUT2D eigenvalue weighted by molar-refractivity contribution is -0.145. The summed E-state index contributed by atoms with van der Waals surface area (Å²) in [7, 11) is 0. The molecule has 2 N–H and O–H groups in total. The third kappa shape index (κ3) is 3.02. The molecule has 5 heteroatoms. The first-order valence-electron chi connectivity index (χ1n) is 8.63. The molecule has 0 unspecified atom stereocenters. The SMILES string of the molecule is O=C(O)[C@@H]1[C@H](C(=O)Nc2ccccc2Cc2ccccc2)[C@H]2C=C[C@@H]1O2. The van der Waals surface area contributed by atoms with Crippen molar-refractivity contribution in [3.05, 3.63) is 77.9 Å². The van der Waals surface area contributed by atoms with E-state index in [0.717, 1.165) is 11.1 Å². The molecule has 5 nitrogen and oxygen atoms in total. The van der Waals surface area contributed by atoms with Gasteiger partial charge in [0.25, 0.3) is 0 Å². The third-order valence-corrected chi connectivity index (χ3v) is 5.00. The Morgan fingerprint density at radius 2 is 1.58 bits per heavy atom. The molecule has 2 aliphatic rings. The molecule has 1 saturated heterocycles. The van der Waals surface area contributed by atoms with Gasteiger partial charge in [-0.15, -0.1) is 0 Å². The normalized spacial score (nSPS) is 26.0. The van der Waals surface area contributed by atoms with E-state index in [-0.39, 0.29) is 5.91 Å². The fourth-order valence-corrected chi connectivity index (χ4v) is 3.74. The predicted molar refractivity (Wildman–Crippen MR) is 96.7 cm³/mol. The molecule has 26 heavy (non-hydrogen) atoms. The molecular formula is C21H19NO4. The Morgan fingerprint density at radius 1 is 0.923 bits per heavy atom. The van der Waals surface area contributed by atoms with Gasteiger partial charge < -0.3 is 15.2 Å². The average molecular weight is 349 g/mol. The van der Waals surface area contributed by atoms with Crippen LogP contribution < -0.4 is 5.32 Å². The molecule has 2 bridgehead atoms. The van der Waals surface area contributed by atoms with Gasteiger partial charge in [-0.3, -0.25) is 9.59 Å². The van der Waals surface area contributed by atoms with Gasteiger partial charge in [-0.25, -0.2) is 0 Å². The maximum Gasteiger partial charge on any atom is 0.310 e. The number of amides is 1. The van der Waals surface area contributed by atoms with Gasteiger partial charge in [0.05, 0.1) is 18.1 Å². The van der Waals surface area contributed by atoms with Crippen molar-refractivity contribution in [2.75, 3.05) is 5.32 Å². The maximum absolute atomic E-state index is 12.8. The number of aliphatic carboxylic acids is 1. The summed E-state index contributed by atoms with van der Waals surface area (Å²) in [4.78, 5) is 24.4. The van der Waals surface area contributed by atoms with Crippen molar-refractivity contribution in [3.8, 4) is 0 Å². The summed E-state index contributed by atoms with van der Waals surface area (Å²) in [5, 5.41) is 12.4. The first-order chi connectivity index (χ1) is 12.6. The molecule has 0 aliphatic carbocycles. The largest absolute Gasteiger partial charge is 0.481 e. The molecule has 2 aliphatic heterocycles. The van der Waals surface area contributed by atoms with Gasteiger partial charge in [-0.2, -0.15) is 0 Å². The summed E-state index contributed by atoms with van der Waals surface area (Å²) < 4.78 is 5.59. The molecule has 0 saturated carbocycles. The highest BCUT2D eigenvalue weighted by molar-refractivity contribution is 5.97. The molecule has 2 aromatic rings. The molecule has 2 aromatic carbocycles. The smallest absolute Gasteiger partial charge is 0.310 e. The molecular weight excluding hydrogens is 330 g/mol. The van der Waals surface area contributed by atoms with Crippen molar-refractivity contribution in [1.82, 2.24) is 0 Å². The van der Waals surface area contributed by atoms with Crippen LogP contribution in [0.1, 0.15) is 11.1 Å². The number of carboxylic acids is 1. The van der Waals surface area contributed by atoms with Crippen molar-refractivity contribution in [2.24, 2.45) is 11.8 Å². The Bertz CT molecular complexity index is 861. The number of carboxylic acid groups (broad SMARTS) is 1. The predicted octanol–water partition coefficient (Wildman–Crippen LogP) is 2.87.